The number of Topliss-reactive ketones (excluding diaryl/α,β-unsaturated/α-hetero) is 1. The molecule has 1 fully saturated rings. The fourth-order valence-electron chi connectivity index (χ4n) is 2.74. The van der Waals surface area contributed by atoms with E-state index in [0.717, 1.165) is 19.2 Å². The maximum Gasteiger partial charge on any atom is 0.490 e. The van der Waals surface area contributed by atoms with Crippen molar-refractivity contribution in [3.8, 4) is 0 Å². The second-order valence-corrected chi connectivity index (χ2v) is 10.7. The summed E-state index contributed by atoms with van der Waals surface area (Å²) in [7, 11) is -17.0. The highest BCUT2D eigenvalue weighted by Gasteiger charge is 2.59. The van der Waals surface area contributed by atoms with Gasteiger partial charge in [0.2, 0.25) is 5.72 Å². The first-order valence-corrected chi connectivity index (χ1v) is 12.6. The Morgan fingerprint density at radius 2 is 1.81 bits per heavy atom. The second-order valence-electron chi connectivity index (χ2n) is 6.24. The number of phosphoric ester groups is 1. The standard InChI is InChI=1S/C11H18N3O15P3/c1-5(15)11(14-3-2-7(12)13-10(14)18)9(17)8(16)6(27-11)4-26-31(22,23)29-32(24,25)28-30(19,20)21/h2-3,6,8-9,16-17H,4H2,1H3,(H,22,23)(H,24,25)(H2,12,13,18)(H2,19,20,21)/t6-,8-,9-,11-/m1/s1. The van der Waals surface area contributed by atoms with Gasteiger partial charge in [-0.2, -0.15) is 13.6 Å². The van der Waals surface area contributed by atoms with E-state index in [4.69, 9.17) is 25.2 Å². The number of aliphatic hydroxyl groups is 2. The number of hydrogen-bond donors (Lipinski definition) is 7. The largest absolute Gasteiger partial charge is 0.490 e. The molecule has 2 rings (SSSR count). The van der Waals surface area contributed by atoms with Crippen LogP contribution in [-0.4, -0.2) is 70.0 Å². The van der Waals surface area contributed by atoms with Crippen molar-refractivity contribution in [3.05, 3.63) is 22.7 Å². The molecule has 1 aromatic rings. The first-order chi connectivity index (χ1) is 14.4. The molecule has 0 amide bonds. The molecule has 182 valence electrons. The molecule has 2 heterocycles. The molecule has 32 heavy (non-hydrogen) atoms. The summed E-state index contributed by atoms with van der Waals surface area (Å²) in [6, 6.07) is 1.08. The van der Waals surface area contributed by atoms with Crippen molar-refractivity contribution in [1.82, 2.24) is 9.55 Å². The maximum absolute atomic E-state index is 12.3. The predicted molar refractivity (Wildman–Crippen MR) is 98.3 cm³/mol. The third-order valence-corrected chi connectivity index (χ3v) is 7.74. The number of aromatic nitrogens is 2. The van der Waals surface area contributed by atoms with E-state index in [1.807, 2.05) is 0 Å². The van der Waals surface area contributed by atoms with E-state index in [9.17, 15) is 38.4 Å². The number of ketones is 1. The van der Waals surface area contributed by atoms with E-state index in [-0.39, 0.29) is 5.82 Å². The molecule has 0 saturated carbocycles. The summed E-state index contributed by atoms with van der Waals surface area (Å²) in [6.45, 7) is -0.294. The molecule has 6 atom stereocenters. The zero-order valence-corrected chi connectivity index (χ0v) is 18.4. The van der Waals surface area contributed by atoms with Crippen LogP contribution in [0.2, 0.25) is 0 Å². The van der Waals surface area contributed by atoms with Gasteiger partial charge in [0.1, 0.15) is 24.1 Å². The molecule has 1 saturated heterocycles. The summed E-state index contributed by atoms with van der Waals surface area (Å²) < 4.78 is 50.9. The second kappa shape index (κ2) is 9.12. The number of carbonyl (C=O) groups excluding carboxylic acids is 1. The van der Waals surface area contributed by atoms with Crippen LogP contribution in [0.1, 0.15) is 6.92 Å². The van der Waals surface area contributed by atoms with Gasteiger partial charge in [-0.05, 0) is 13.0 Å². The van der Waals surface area contributed by atoms with Crippen molar-refractivity contribution >= 4 is 35.1 Å². The molecule has 1 aliphatic heterocycles. The zero-order chi connectivity index (χ0) is 24.7. The third-order valence-electron chi connectivity index (χ3n) is 3.94. The number of aliphatic hydroxyl groups excluding tert-OH is 2. The Hall–Kier alpha value is -1.36. The number of nitrogen functional groups attached to an aromatic ring is 1. The number of phosphoric acid groups is 3. The molecule has 0 radical (unpaired) electrons. The zero-order valence-electron chi connectivity index (χ0n) is 15.8. The minimum Gasteiger partial charge on any atom is -0.387 e. The average molecular weight is 525 g/mol. The predicted octanol–water partition coefficient (Wildman–Crippen LogP) is -2.47. The molecular weight excluding hydrogens is 507 g/mol. The van der Waals surface area contributed by atoms with Crippen molar-refractivity contribution in [1.29, 1.82) is 0 Å². The van der Waals surface area contributed by atoms with Crippen LogP contribution in [0.15, 0.2) is 17.1 Å². The maximum atomic E-state index is 12.3. The van der Waals surface area contributed by atoms with Gasteiger partial charge in [0, 0.05) is 6.20 Å². The van der Waals surface area contributed by atoms with Crippen molar-refractivity contribution in [2.45, 2.75) is 31.0 Å². The quantitative estimate of drug-likeness (QED) is 0.164. The summed E-state index contributed by atoms with van der Waals surface area (Å²) in [5, 5.41) is 20.6. The van der Waals surface area contributed by atoms with Gasteiger partial charge >= 0.3 is 29.2 Å². The van der Waals surface area contributed by atoms with Crippen LogP contribution in [0.3, 0.4) is 0 Å². The van der Waals surface area contributed by atoms with E-state index < -0.39 is 65.6 Å². The Balaban J connectivity index is 2.25. The van der Waals surface area contributed by atoms with Crippen LogP contribution < -0.4 is 11.4 Å². The van der Waals surface area contributed by atoms with Gasteiger partial charge in [-0.3, -0.25) is 13.9 Å². The monoisotopic (exact) mass is 525 g/mol. The van der Waals surface area contributed by atoms with E-state index in [0.29, 0.717) is 4.57 Å². The van der Waals surface area contributed by atoms with Gasteiger partial charge in [-0.1, -0.05) is 0 Å². The van der Waals surface area contributed by atoms with Crippen LogP contribution in [0.25, 0.3) is 0 Å². The Morgan fingerprint density at radius 3 is 2.31 bits per heavy atom. The molecule has 2 unspecified atom stereocenters. The Morgan fingerprint density at radius 1 is 1.22 bits per heavy atom. The lowest BCUT2D eigenvalue weighted by atomic mass is 9.99. The number of rotatable bonds is 9. The molecule has 1 aromatic heterocycles. The lowest BCUT2D eigenvalue weighted by molar-refractivity contribution is -0.173. The summed E-state index contributed by atoms with van der Waals surface area (Å²) in [4.78, 5) is 63.4. The Kier molecular flexibility index (Phi) is 7.66. The lowest BCUT2D eigenvalue weighted by Gasteiger charge is -2.31. The van der Waals surface area contributed by atoms with Crippen LogP contribution in [0, 0.1) is 0 Å². The number of nitrogens with zero attached hydrogens (tertiary/aromatic N) is 2. The van der Waals surface area contributed by atoms with Gasteiger partial charge in [0.05, 0.1) is 6.61 Å². The molecule has 1 aliphatic rings. The molecule has 18 nitrogen and oxygen atoms in total. The highest BCUT2D eigenvalue weighted by atomic mass is 31.3. The van der Waals surface area contributed by atoms with E-state index in [1.54, 1.807) is 0 Å². The average Bonchev–Trinajstić information content (AvgIpc) is 2.83. The van der Waals surface area contributed by atoms with Crippen LogP contribution in [-0.2, 0) is 42.1 Å². The van der Waals surface area contributed by atoms with E-state index >= 15 is 0 Å². The number of ether oxygens (including phenoxy) is 1. The fourth-order valence-corrected chi connectivity index (χ4v) is 5.77. The van der Waals surface area contributed by atoms with Crippen molar-refractivity contribution in [3.63, 3.8) is 0 Å². The first-order valence-electron chi connectivity index (χ1n) is 8.09. The normalized spacial score (nSPS) is 29.9. The molecular formula is C11H18N3O15P3. The highest BCUT2D eigenvalue weighted by molar-refractivity contribution is 7.66. The van der Waals surface area contributed by atoms with Crippen LogP contribution >= 0.6 is 23.5 Å². The molecule has 0 aliphatic carbocycles. The van der Waals surface area contributed by atoms with Gasteiger partial charge in [-0.15, -0.1) is 0 Å². The van der Waals surface area contributed by atoms with Gasteiger partial charge < -0.3 is 40.3 Å². The van der Waals surface area contributed by atoms with E-state index in [2.05, 4.69) is 18.1 Å². The fraction of sp³-hybridized carbons (Fsp3) is 0.545. The highest BCUT2D eigenvalue weighted by Crippen LogP contribution is 2.66. The van der Waals surface area contributed by atoms with Gasteiger partial charge in [0.25, 0.3) is 0 Å². The van der Waals surface area contributed by atoms with Crippen LogP contribution in [0.5, 0.6) is 0 Å². The summed E-state index contributed by atoms with van der Waals surface area (Å²) >= 11 is 0. The number of anilines is 1. The van der Waals surface area contributed by atoms with Crippen molar-refractivity contribution in [2.24, 2.45) is 0 Å². The van der Waals surface area contributed by atoms with Crippen molar-refractivity contribution in [2.75, 3.05) is 12.3 Å². The lowest BCUT2D eigenvalue weighted by Crippen LogP contribution is -2.55. The van der Waals surface area contributed by atoms with Gasteiger partial charge in [-0.25, -0.2) is 18.5 Å². The first kappa shape index (κ1) is 26.9. The summed E-state index contributed by atoms with van der Waals surface area (Å²) in [5.41, 5.74) is 1.65. The molecule has 0 aromatic carbocycles. The summed E-state index contributed by atoms with van der Waals surface area (Å²) in [6.07, 6.45) is -5.01. The van der Waals surface area contributed by atoms with E-state index in [1.165, 1.54) is 0 Å². The third kappa shape index (κ3) is 5.95. The molecule has 0 spiro atoms. The van der Waals surface area contributed by atoms with Crippen LogP contribution in [0.4, 0.5) is 5.82 Å². The minimum atomic E-state index is -5.80. The number of nitrogens with two attached hydrogens (primary N) is 1. The van der Waals surface area contributed by atoms with Crippen molar-refractivity contribution < 1.29 is 66.2 Å². The Labute approximate surface area is 177 Å². The number of hydrogen-bond acceptors (Lipinski definition) is 13. The summed E-state index contributed by atoms with van der Waals surface area (Å²) in [5.74, 6) is -1.24. The molecule has 0 bridgehead atoms. The molecule has 8 N–H and O–H groups in total. The SMILES string of the molecule is CC(=O)[C@@]1(n2ccc(N)nc2=O)O[C@H](COP(=O)(O)OP(=O)(O)OP(=O)(O)O)[C@@H](O)[C@H]1O. The molecule has 21 heteroatoms. The Bertz CT molecular complexity index is 1090. The topological polar surface area (TPSA) is 287 Å². The number of carbonyl (C=O) groups is 1. The van der Waals surface area contributed by atoms with Gasteiger partial charge in [0.15, 0.2) is 5.78 Å². The minimum absolute atomic E-state index is 0.234. The smallest absolute Gasteiger partial charge is 0.387 e.